The van der Waals surface area contributed by atoms with Crippen LogP contribution < -0.4 is 10.6 Å². The number of fused-ring (bicyclic) bond motifs is 1. The normalized spacial score (nSPS) is 21.0. The highest BCUT2D eigenvalue weighted by Gasteiger charge is 2.40. The molecule has 1 aliphatic carbocycles. The van der Waals surface area contributed by atoms with E-state index in [1.165, 1.54) is 49.6 Å². The number of aromatic nitrogens is 2. The molecule has 5 rings (SSSR count). The van der Waals surface area contributed by atoms with Gasteiger partial charge in [-0.25, -0.2) is 4.98 Å². The number of imidazole rings is 1. The smallest absolute Gasteiger partial charge is 0.205 e. The average Bonchev–Trinajstić information content (AvgIpc) is 3.04. The number of rotatable bonds is 6. The zero-order valence-electron chi connectivity index (χ0n) is 20.3. The second-order valence-corrected chi connectivity index (χ2v) is 9.98. The lowest BCUT2D eigenvalue weighted by molar-refractivity contribution is 0.0362. The molecular weight excluding hydrogens is 406 g/mol. The minimum atomic E-state index is 0.174. The van der Waals surface area contributed by atoms with Crippen molar-refractivity contribution in [3.8, 4) is 0 Å². The van der Waals surface area contributed by atoms with Gasteiger partial charge in [-0.15, -0.1) is 0 Å². The minimum Gasteiger partial charge on any atom is -0.341 e. The predicted octanol–water partition coefficient (Wildman–Crippen LogP) is 5.90. The fourth-order valence-corrected chi connectivity index (χ4v) is 6.18. The van der Waals surface area contributed by atoms with Crippen LogP contribution in [0.2, 0.25) is 0 Å². The maximum absolute atomic E-state index is 4.96. The fraction of sp³-hybridized carbons (Fsp3) is 0.536. The van der Waals surface area contributed by atoms with Crippen molar-refractivity contribution < 1.29 is 0 Å². The van der Waals surface area contributed by atoms with Gasteiger partial charge < -0.3 is 15.2 Å². The molecule has 5 nitrogen and oxygen atoms in total. The van der Waals surface area contributed by atoms with Crippen molar-refractivity contribution in [2.45, 2.75) is 76.0 Å². The molecule has 3 aromatic rings. The van der Waals surface area contributed by atoms with Crippen LogP contribution in [-0.4, -0.2) is 40.8 Å². The highest BCUT2D eigenvalue weighted by Crippen LogP contribution is 2.44. The van der Waals surface area contributed by atoms with Crippen LogP contribution >= 0.6 is 0 Å². The maximum Gasteiger partial charge on any atom is 0.205 e. The molecule has 5 heteroatoms. The summed E-state index contributed by atoms with van der Waals surface area (Å²) in [4.78, 5) is 7.80. The number of hydrogen-bond donors (Lipinski definition) is 2. The van der Waals surface area contributed by atoms with Gasteiger partial charge >= 0.3 is 0 Å². The van der Waals surface area contributed by atoms with E-state index in [9.17, 15) is 0 Å². The van der Waals surface area contributed by atoms with E-state index >= 15 is 0 Å². The summed E-state index contributed by atoms with van der Waals surface area (Å²) in [6.07, 6.45) is 10.5. The van der Waals surface area contributed by atoms with Gasteiger partial charge in [0, 0.05) is 24.7 Å². The van der Waals surface area contributed by atoms with Crippen molar-refractivity contribution in [2.24, 2.45) is 0 Å². The van der Waals surface area contributed by atoms with Gasteiger partial charge in [0.25, 0.3) is 0 Å². The molecule has 33 heavy (non-hydrogen) atoms. The summed E-state index contributed by atoms with van der Waals surface area (Å²) in [7, 11) is 1.99. The first-order valence-electron chi connectivity index (χ1n) is 12.9. The molecule has 0 bridgehead atoms. The lowest BCUT2D eigenvalue weighted by Gasteiger charge is -2.48. The summed E-state index contributed by atoms with van der Waals surface area (Å²) < 4.78 is 2.47. The number of nitrogens with one attached hydrogen (secondary N) is 2. The summed E-state index contributed by atoms with van der Waals surface area (Å²) in [6.45, 7) is 4.43. The molecule has 2 aliphatic rings. The van der Waals surface area contributed by atoms with Gasteiger partial charge in [0.1, 0.15) is 0 Å². The third-order valence-corrected chi connectivity index (χ3v) is 8.05. The minimum absolute atomic E-state index is 0.174. The van der Waals surface area contributed by atoms with Gasteiger partial charge in [0.15, 0.2) is 0 Å². The molecule has 2 N–H and O–H groups in total. The van der Waals surface area contributed by atoms with Crippen molar-refractivity contribution >= 4 is 17.0 Å². The molecular formula is C28H39N5. The van der Waals surface area contributed by atoms with E-state index in [4.69, 9.17) is 4.98 Å². The van der Waals surface area contributed by atoms with Crippen LogP contribution in [0.4, 0.5) is 5.95 Å². The molecule has 0 amide bonds. The maximum atomic E-state index is 4.96. The lowest BCUT2D eigenvalue weighted by atomic mass is 9.79. The van der Waals surface area contributed by atoms with Gasteiger partial charge in [-0.05, 0) is 57.4 Å². The molecule has 2 heterocycles. The SMILES string of the molecule is CNC(C)Nc1nc2ccccc2n1C1CCN(C2(c3ccccc3)CCCCCC2)CC1. The molecule has 176 valence electrons. The molecule has 1 aliphatic heterocycles. The molecule has 1 aromatic heterocycles. The molecule has 0 spiro atoms. The summed E-state index contributed by atoms with van der Waals surface area (Å²) in [5, 5.41) is 6.88. The van der Waals surface area contributed by atoms with Gasteiger partial charge in [0.2, 0.25) is 5.95 Å². The van der Waals surface area contributed by atoms with Gasteiger partial charge in [0.05, 0.1) is 17.2 Å². The average molecular weight is 446 g/mol. The number of piperidine rings is 1. The van der Waals surface area contributed by atoms with E-state index < -0.39 is 0 Å². The number of benzene rings is 2. The van der Waals surface area contributed by atoms with Crippen LogP contribution in [0.5, 0.6) is 0 Å². The number of nitrogens with zero attached hydrogens (tertiary/aromatic N) is 3. The van der Waals surface area contributed by atoms with Crippen LogP contribution in [0.25, 0.3) is 11.0 Å². The molecule has 2 aromatic carbocycles. The monoisotopic (exact) mass is 445 g/mol. The molecule has 1 atom stereocenters. The van der Waals surface area contributed by atoms with Gasteiger partial charge in [-0.2, -0.15) is 0 Å². The van der Waals surface area contributed by atoms with Gasteiger partial charge in [-0.3, -0.25) is 4.90 Å². The van der Waals surface area contributed by atoms with E-state index in [1.807, 2.05) is 7.05 Å². The van der Waals surface area contributed by atoms with E-state index in [-0.39, 0.29) is 11.7 Å². The van der Waals surface area contributed by atoms with Crippen LogP contribution in [0, 0.1) is 0 Å². The highest BCUT2D eigenvalue weighted by molar-refractivity contribution is 5.78. The van der Waals surface area contributed by atoms with E-state index in [0.717, 1.165) is 37.4 Å². The largest absolute Gasteiger partial charge is 0.341 e. The van der Waals surface area contributed by atoms with E-state index in [0.29, 0.717) is 6.04 Å². The van der Waals surface area contributed by atoms with Crippen molar-refractivity contribution in [1.82, 2.24) is 19.8 Å². The second kappa shape index (κ2) is 9.86. The van der Waals surface area contributed by atoms with Crippen molar-refractivity contribution in [2.75, 3.05) is 25.5 Å². The van der Waals surface area contributed by atoms with E-state index in [2.05, 4.69) is 81.6 Å². The highest BCUT2D eigenvalue weighted by atomic mass is 15.3. The summed E-state index contributed by atoms with van der Waals surface area (Å²) in [6, 6.07) is 20.4. The molecule has 1 saturated carbocycles. The third kappa shape index (κ3) is 4.41. The Labute approximate surface area is 198 Å². The number of anilines is 1. The Morgan fingerprint density at radius 3 is 2.27 bits per heavy atom. The Kier molecular flexibility index (Phi) is 6.70. The predicted molar refractivity (Wildman–Crippen MR) is 138 cm³/mol. The van der Waals surface area contributed by atoms with Gasteiger partial charge in [-0.1, -0.05) is 68.1 Å². The van der Waals surface area contributed by atoms with Crippen LogP contribution in [-0.2, 0) is 5.54 Å². The second-order valence-electron chi connectivity index (χ2n) is 9.98. The zero-order valence-corrected chi connectivity index (χ0v) is 20.3. The molecule has 0 radical (unpaired) electrons. The summed E-state index contributed by atoms with van der Waals surface area (Å²) in [5.74, 6) is 0.990. The Balaban J connectivity index is 1.42. The standard InChI is InChI=1S/C28H39N5/c1-22(29-2)30-27-31-25-14-8-9-15-26(25)33(27)24-16-20-32(21-17-24)28(18-10-3-4-11-19-28)23-12-6-5-7-13-23/h5-9,12-15,22,24,29H,3-4,10-11,16-21H2,1-2H3,(H,30,31). The molecule has 1 saturated heterocycles. The number of para-hydroxylation sites is 2. The topological polar surface area (TPSA) is 45.1 Å². The third-order valence-electron chi connectivity index (χ3n) is 8.05. The van der Waals surface area contributed by atoms with Crippen molar-refractivity contribution in [1.29, 1.82) is 0 Å². The Morgan fingerprint density at radius 2 is 1.58 bits per heavy atom. The Hall–Kier alpha value is -2.37. The van der Waals surface area contributed by atoms with Crippen LogP contribution in [0.3, 0.4) is 0 Å². The van der Waals surface area contributed by atoms with Crippen LogP contribution in [0.1, 0.15) is 69.9 Å². The number of likely N-dealkylation sites (tertiary alicyclic amines) is 1. The lowest BCUT2D eigenvalue weighted by Crippen LogP contribution is -2.50. The summed E-state index contributed by atoms with van der Waals surface area (Å²) in [5.41, 5.74) is 4.06. The molecule has 1 unspecified atom stereocenters. The molecule has 2 fully saturated rings. The van der Waals surface area contributed by atoms with Crippen LogP contribution in [0.15, 0.2) is 54.6 Å². The quantitative estimate of drug-likeness (QED) is 0.366. The first-order valence-corrected chi connectivity index (χ1v) is 12.9. The summed E-state index contributed by atoms with van der Waals surface area (Å²) >= 11 is 0. The zero-order chi connectivity index (χ0) is 22.7. The Morgan fingerprint density at radius 1 is 0.909 bits per heavy atom. The fourth-order valence-electron chi connectivity index (χ4n) is 6.18. The van der Waals surface area contributed by atoms with E-state index in [1.54, 1.807) is 0 Å². The Bertz CT molecular complexity index is 1030. The number of hydrogen-bond acceptors (Lipinski definition) is 4. The first kappa shape index (κ1) is 22.4. The van der Waals surface area contributed by atoms with Crippen molar-refractivity contribution in [3.63, 3.8) is 0 Å². The van der Waals surface area contributed by atoms with Crippen molar-refractivity contribution in [3.05, 3.63) is 60.2 Å². The first-order chi connectivity index (χ1) is 16.2.